The lowest BCUT2D eigenvalue weighted by molar-refractivity contribution is -0.120. The number of carbonyl (C=O) groups excluding carboxylic acids is 1. The molecule has 0 aliphatic carbocycles. The molecule has 0 fully saturated rings. The normalized spacial score (nSPS) is 12.0. The number of methoxy groups -OCH3 is 1. The third kappa shape index (κ3) is 2.93. The first kappa shape index (κ1) is 12.4. The second-order valence-corrected chi connectivity index (χ2v) is 3.33. The van der Waals surface area contributed by atoms with Gasteiger partial charge in [-0.25, -0.2) is 4.39 Å². The van der Waals surface area contributed by atoms with Crippen molar-refractivity contribution >= 4 is 5.91 Å². The van der Waals surface area contributed by atoms with E-state index in [0.717, 1.165) is 0 Å². The molecule has 4 nitrogen and oxygen atoms in total. The van der Waals surface area contributed by atoms with Gasteiger partial charge in [0.05, 0.1) is 19.8 Å². The summed E-state index contributed by atoms with van der Waals surface area (Å²) in [5, 5.41) is 11.6. The van der Waals surface area contributed by atoms with Gasteiger partial charge in [0.2, 0.25) is 5.91 Å². The SMILES string of the molecule is COc1ccc(C(CO)NC(C)=O)cc1F. The topological polar surface area (TPSA) is 58.6 Å². The third-order valence-electron chi connectivity index (χ3n) is 2.14. The smallest absolute Gasteiger partial charge is 0.217 e. The summed E-state index contributed by atoms with van der Waals surface area (Å²) in [5.74, 6) is -0.678. The van der Waals surface area contributed by atoms with Gasteiger partial charge in [-0.3, -0.25) is 4.79 Å². The summed E-state index contributed by atoms with van der Waals surface area (Å²) in [6.07, 6.45) is 0. The number of aliphatic hydroxyl groups excluding tert-OH is 1. The van der Waals surface area contributed by atoms with Gasteiger partial charge in [-0.2, -0.15) is 0 Å². The van der Waals surface area contributed by atoms with Crippen LogP contribution in [0.2, 0.25) is 0 Å². The molecule has 2 N–H and O–H groups in total. The number of ether oxygens (including phenoxy) is 1. The number of hydrogen-bond acceptors (Lipinski definition) is 3. The van der Waals surface area contributed by atoms with Gasteiger partial charge < -0.3 is 15.2 Å². The molecule has 1 amide bonds. The predicted molar refractivity (Wildman–Crippen MR) is 56.6 cm³/mol. The minimum atomic E-state index is -0.599. The van der Waals surface area contributed by atoms with Gasteiger partial charge >= 0.3 is 0 Å². The zero-order valence-electron chi connectivity index (χ0n) is 9.16. The lowest BCUT2D eigenvalue weighted by Gasteiger charge is -2.16. The van der Waals surface area contributed by atoms with Crippen molar-refractivity contribution in [3.8, 4) is 5.75 Å². The molecule has 0 aliphatic rings. The lowest BCUT2D eigenvalue weighted by atomic mass is 10.1. The first-order valence-electron chi connectivity index (χ1n) is 4.80. The largest absolute Gasteiger partial charge is 0.494 e. The number of amides is 1. The third-order valence-corrected chi connectivity index (χ3v) is 2.14. The van der Waals surface area contributed by atoms with E-state index in [1.807, 2.05) is 0 Å². The molecule has 0 aromatic heterocycles. The van der Waals surface area contributed by atoms with E-state index in [1.54, 1.807) is 6.07 Å². The van der Waals surface area contributed by atoms with Crippen LogP contribution in [-0.4, -0.2) is 24.7 Å². The van der Waals surface area contributed by atoms with Crippen LogP contribution in [0.1, 0.15) is 18.5 Å². The van der Waals surface area contributed by atoms with Crippen molar-refractivity contribution in [1.82, 2.24) is 5.32 Å². The Morgan fingerprint density at radius 1 is 1.62 bits per heavy atom. The molecule has 0 aliphatic heterocycles. The van der Waals surface area contributed by atoms with Crippen molar-refractivity contribution in [3.63, 3.8) is 0 Å². The number of halogens is 1. The molecule has 88 valence electrons. The van der Waals surface area contributed by atoms with Crippen molar-refractivity contribution in [2.45, 2.75) is 13.0 Å². The highest BCUT2D eigenvalue weighted by Crippen LogP contribution is 2.21. The standard InChI is InChI=1S/C11H14FNO3/c1-7(15)13-10(6-14)8-3-4-11(16-2)9(12)5-8/h3-5,10,14H,6H2,1-2H3,(H,13,15). The summed E-state index contributed by atoms with van der Waals surface area (Å²) in [5.41, 5.74) is 0.496. The maximum absolute atomic E-state index is 13.4. The quantitative estimate of drug-likeness (QED) is 0.806. The van der Waals surface area contributed by atoms with Crippen molar-refractivity contribution < 1.29 is 19.0 Å². The van der Waals surface area contributed by atoms with Gasteiger partial charge in [-0.1, -0.05) is 6.07 Å². The summed E-state index contributed by atoms with van der Waals surface area (Å²) < 4.78 is 18.1. The van der Waals surface area contributed by atoms with E-state index in [-0.39, 0.29) is 18.3 Å². The molecule has 1 aromatic carbocycles. The van der Waals surface area contributed by atoms with Crippen molar-refractivity contribution in [2.75, 3.05) is 13.7 Å². The Labute approximate surface area is 93.0 Å². The zero-order valence-corrected chi connectivity index (χ0v) is 9.16. The van der Waals surface area contributed by atoms with Crippen LogP contribution in [0.4, 0.5) is 4.39 Å². The average Bonchev–Trinajstić information content (AvgIpc) is 2.25. The molecule has 0 spiro atoms. The summed E-state index contributed by atoms with van der Waals surface area (Å²) in [6, 6.07) is 3.68. The Kier molecular flexibility index (Phi) is 4.25. The molecule has 0 heterocycles. The monoisotopic (exact) mass is 227 g/mol. The molecular formula is C11H14FNO3. The molecule has 1 rings (SSSR count). The van der Waals surface area contributed by atoms with Crippen molar-refractivity contribution in [2.24, 2.45) is 0 Å². The van der Waals surface area contributed by atoms with Gasteiger partial charge in [0.15, 0.2) is 11.6 Å². The average molecular weight is 227 g/mol. The van der Waals surface area contributed by atoms with Gasteiger partial charge in [0, 0.05) is 6.92 Å². The number of aliphatic hydroxyl groups is 1. The molecule has 5 heteroatoms. The predicted octanol–water partition coefficient (Wildman–Crippen LogP) is 1.00. The van der Waals surface area contributed by atoms with Crippen LogP contribution in [-0.2, 0) is 4.79 Å². The Hall–Kier alpha value is -1.62. The summed E-state index contributed by atoms with van der Waals surface area (Å²) in [7, 11) is 1.37. The van der Waals surface area contributed by atoms with E-state index in [0.29, 0.717) is 5.56 Å². The molecule has 1 atom stereocenters. The fourth-order valence-electron chi connectivity index (χ4n) is 1.38. The summed E-state index contributed by atoms with van der Waals surface area (Å²) >= 11 is 0. The maximum atomic E-state index is 13.4. The van der Waals surface area contributed by atoms with Gasteiger partial charge in [-0.05, 0) is 17.7 Å². The molecule has 0 radical (unpaired) electrons. The van der Waals surface area contributed by atoms with Crippen LogP contribution in [0.25, 0.3) is 0 Å². The second-order valence-electron chi connectivity index (χ2n) is 3.33. The Balaban J connectivity index is 2.93. The van der Waals surface area contributed by atoms with Crippen LogP contribution >= 0.6 is 0 Å². The van der Waals surface area contributed by atoms with E-state index in [4.69, 9.17) is 9.84 Å². The first-order valence-corrected chi connectivity index (χ1v) is 4.80. The van der Waals surface area contributed by atoms with Gasteiger partial charge in [0.1, 0.15) is 0 Å². The highest BCUT2D eigenvalue weighted by molar-refractivity contribution is 5.73. The van der Waals surface area contributed by atoms with Crippen LogP contribution in [0.15, 0.2) is 18.2 Å². The van der Waals surface area contributed by atoms with E-state index in [2.05, 4.69) is 5.32 Å². The van der Waals surface area contributed by atoms with Gasteiger partial charge in [0.25, 0.3) is 0 Å². The van der Waals surface area contributed by atoms with E-state index < -0.39 is 11.9 Å². The minimum Gasteiger partial charge on any atom is -0.494 e. The fourth-order valence-corrected chi connectivity index (χ4v) is 1.38. The lowest BCUT2D eigenvalue weighted by Crippen LogP contribution is -2.28. The first-order chi connectivity index (χ1) is 7.58. The Morgan fingerprint density at radius 2 is 2.31 bits per heavy atom. The number of hydrogen-bond donors (Lipinski definition) is 2. The molecule has 0 bridgehead atoms. The minimum absolute atomic E-state index is 0.128. The van der Waals surface area contributed by atoms with Crippen LogP contribution in [0.3, 0.4) is 0 Å². The number of nitrogens with one attached hydrogen (secondary N) is 1. The number of carbonyl (C=O) groups is 1. The van der Waals surface area contributed by atoms with Crippen molar-refractivity contribution in [1.29, 1.82) is 0 Å². The van der Waals surface area contributed by atoms with Crippen LogP contribution in [0, 0.1) is 5.82 Å². The van der Waals surface area contributed by atoms with E-state index >= 15 is 0 Å². The van der Waals surface area contributed by atoms with Crippen LogP contribution < -0.4 is 10.1 Å². The Bertz CT molecular complexity index is 381. The molecular weight excluding hydrogens is 213 g/mol. The fraction of sp³-hybridized carbons (Fsp3) is 0.364. The number of rotatable bonds is 4. The highest BCUT2D eigenvalue weighted by Gasteiger charge is 2.13. The van der Waals surface area contributed by atoms with Crippen molar-refractivity contribution in [3.05, 3.63) is 29.6 Å². The zero-order chi connectivity index (χ0) is 12.1. The van der Waals surface area contributed by atoms with Crippen LogP contribution in [0.5, 0.6) is 5.75 Å². The molecule has 1 aromatic rings. The summed E-state index contributed by atoms with van der Waals surface area (Å²) in [6.45, 7) is 1.05. The maximum Gasteiger partial charge on any atom is 0.217 e. The molecule has 0 saturated carbocycles. The Morgan fingerprint density at radius 3 is 2.75 bits per heavy atom. The summed E-state index contributed by atoms with van der Waals surface area (Å²) in [4.78, 5) is 10.9. The van der Waals surface area contributed by atoms with Gasteiger partial charge in [-0.15, -0.1) is 0 Å². The molecule has 16 heavy (non-hydrogen) atoms. The van der Waals surface area contributed by atoms with E-state index in [9.17, 15) is 9.18 Å². The second kappa shape index (κ2) is 5.46. The molecule has 0 saturated heterocycles. The highest BCUT2D eigenvalue weighted by atomic mass is 19.1. The van der Waals surface area contributed by atoms with E-state index in [1.165, 1.54) is 26.2 Å². The molecule has 1 unspecified atom stereocenters. The number of benzene rings is 1.